The molecule has 0 bridgehead atoms. The average Bonchev–Trinajstić information content (AvgIpc) is 3.11. The summed E-state index contributed by atoms with van der Waals surface area (Å²) >= 11 is 0. The molecule has 0 aliphatic carbocycles. The highest BCUT2D eigenvalue weighted by molar-refractivity contribution is 5.87. The van der Waals surface area contributed by atoms with Crippen molar-refractivity contribution >= 4 is 17.6 Å². The summed E-state index contributed by atoms with van der Waals surface area (Å²) in [6.45, 7) is 8.19. The number of nitrogens with zero attached hydrogens (tertiary/aromatic N) is 1. The summed E-state index contributed by atoms with van der Waals surface area (Å²) in [5.41, 5.74) is 4.18. The van der Waals surface area contributed by atoms with Crippen LogP contribution in [0, 0.1) is 19.7 Å². The van der Waals surface area contributed by atoms with Gasteiger partial charge >= 0.3 is 6.18 Å². The molecule has 1 aromatic heterocycles. The summed E-state index contributed by atoms with van der Waals surface area (Å²) < 4.78 is 56.5. The van der Waals surface area contributed by atoms with E-state index in [0.29, 0.717) is 12.2 Å². The number of benzene rings is 2. The van der Waals surface area contributed by atoms with E-state index in [-0.39, 0.29) is 29.3 Å². The Morgan fingerprint density at radius 2 is 1.72 bits per heavy atom. The van der Waals surface area contributed by atoms with E-state index in [2.05, 4.69) is 17.2 Å². The van der Waals surface area contributed by atoms with Crippen LogP contribution in [0.4, 0.5) is 17.6 Å². The number of halogens is 4. The molecule has 0 fully saturated rings. The fourth-order valence-electron chi connectivity index (χ4n) is 3.83. The zero-order chi connectivity index (χ0) is 23.0. The minimum Gasteiger partial charge on any atom is -0.353 e. The van der Waals surface area contributed by atoms with Crippen LogP contribution in [0.15, 0.2) is 55.2 Å². The predicted octanol–water partition coefficient (Wildman–Crippen LogP) is 6.08. The average molecular weight is 441 g/mol. The molecule has 3 nitrogen and oxygen atoms in total. The zero-order valence-corrected chi connectivity index (χ0v) is 17.8. The Morgan fingerprint density at radius 3 is 2.38 bits per heavy atom. The van der Waals surface area contributed by atoms with E-state index < -0.39 is 11.7 Å². The lowest BCUT2D eigenvalue weighted by atomic mass is 10.0. The molecular formula is C25H23F4N3. The van der Waals surface area contributed by atoms with Crippen molar-refractivity contribution in [1.29, 1.82) is 0 Å². The molecule has 0 atom stereocenters. The maximum absolute atomic E-state index is 14.0. The quantitative estimate of drug-likeness (QED) is 0.470. The van der Waals surface area contributed by atoms with Gasteiger partial charge in [-0.1, -0.05) is 30.8 Å². The maximum atomic E-state index is 14.0. The minimum absolute atomic E-state index is 0.00339. The van der Waals surface area contributed by atoms with Crippen LogP contribution < -0.4 is 10.6 Å². The van der Waals surface area contributed by atoms with Gasteiger partial charge in [-0.25, -0.2) is 4.39 Å². The SMILES string of the molecule is C=C1NC(c2ccc(C)c(C)c2)=Cn2cc(CNCc3ccc(F)cc3)c(C(F)(F)F)c21. The number of nitrogens with one attached hydrogen (secondary N) is 2. The van der Waals surface area contributed by atoms with Crippen molar-refractivity contribution in [1.82, 2.24) is 15.2 Å². The standard InChI is InChI=1S/C25H23F4N3/c1-15-4-7-19(10-16(15)2)22-14-32-13-20(12-30-11-18-5-8-21(26)9-6-18)23(25(27,28)29)24(32)17(3)31-22/h4-10,13-14,30-31H,3,11-12H2,1-2H3. The van der Waals surface area contributed by atoms with Gasteiger partial charge < -0.3 is 15.2 Å². The first-order valence-corrected chi connectivity index (χ1v) is 10.2. The molecule has 2 aromatic carbocycles. The van der Waals surface area contributed by atoms with Crippen molar-refractivity contribution in [3.63, 3.8) is 0 Å². The van der Waals surface area contributed by atoms with E-state index >= 15 is 0 Å². The lowest BCUT2D eigenvalue weighted by Crippen LogP contribution is -2.21. The van der Waals surface area contributed by atoms with Gasteiger partial charge in [-0.05, 0) is 59.9 Å². The van der Waals surface area contributed by atoms with Crippen molar-refractivity contribution in [2.75, 3.05) is 0 Å². The summed E-state index contributed by atoms with van der Waals surface area (Å²) in [6, 6.07) is 11.7. The molecule has 0 amide bonds. The summed E-state index contributed by atoms with van der Waals surface area (Å²) in [4.78, 5) is 0. The van der Waals surface area contributed by atoms with Crippen molar-refractivity contribution in [3.8, 4) is 0 Å². The van der Waals surface area contributed by atoms with Gasteiger partial charge in [0.05, 0.1) is 22.7 Å². The molecule has 0 radical (unpaired) electrons. The van der Waals surface area contributed by atoms with Crippen LogP contribution in [0.1, 0.15) is 39.1 Å². The fraction of sp³-hybridized carbons (Fsp3) is 0.200. The molecule has 4 rings (SSSR count). The van der Waals surface area contributed by atoms with Crippen LogP contribution in [-0.4, -0.2) is 4.57 Å². The van der Waals surface area contributed by atoms with Gasteiger partial charge in [0.2, 0.25) is 0 Å². The molecule has 1 aliphatic heterocycles. The molecule has 0 unspecified atom stereocenters. The first kappa shape index (κ1) is 21.9. The third-order valence-corrected chi connectivity index (χ3v) is 5.61. The molecule has 2 N–H and O–H groups in total. The van der Waals surface area contributed by atoms with E-state index in [9.17, 15) is 17.6 Å². The van der Waals surface area contributed by atoms with Crippen molar-refractivity contribution < 1.29 is 17.6 Å². The van der Waals surface area contributed by atoms with Crippen LogP contribution in [-0.2, 0) is 19.3 Å². The lowest BCUT2D eigenvalue weighted by molar-refractivity contribution is -0.138. The Morgan fingerprint density at radius 1 is 1.00 bits per heavy atom. The number of alkyl halides is 3. The highest BCUT2D eigenvalue weighted by atomic mass is 19.4. The van der Waals surface area contributed by atoms with Crippen LogP contribution in [0.5, 0.6) is 0 Å². The first-order chi connectivity index (χ1) is 15.1. The number of hydrogen-bond donors (Lipinski definition) is 2. The Balaban J connectivity index is 1.66. The normalized spacial score (nSPS) is 13.6. The Bertz CT molecular complexity index is 1200. The Kier molecular flexibility index (Phi) is 5.69. The third kappa shape index (κ3) is 4.34. The number of fused-ring (bicyclic) bond motifs is 1. The fourth-order valence-corrected chi connectivity index (χ4v) is 3.83. The summed E-state index contributed by atoms with van der Waals surface area (Å²) in [5, 5.41) is 6.06. The molecule has 166 valence electrons. The molecular weight excluding hydrogens is 418 g/mol. The highest BCUT2D eigenvalue weighted by Crippen LogP contribution is 2.40. The van der Waals surface area contributed by atoms with E-state index in [1.165, 1.54) is 22.9 Å². The lowest BCUT2D eigenvalue weighted by Gasteiger charge is -2.23. The molecule has 2 heterocycles. The summed E-state index contributed by atoms with van der Waals surface area (Å²) in [6.07, 6.45) is -1.39. The van der Waals surface area contributed by atoms with Crippen molar-refractivity contribution in [2.45, 2.75) is 33.1 Å². The van der Waals surface area contributed by atoms with Crippen LogP contribution >= 0.6 is 0 Å². The minimum atomic E-state index is -4.54. The summed E-state index contributed by atoms with van der Waals surface area (Å²) in [5.74, 6) is -0.356. The van der Waals surface area contributed by atoms with Crippen molar-refractivity contribution in [2.24, 2.45) is 0 Å². The predicted molar refractivity (Wildman–Crippen MR) is 119 cm³/mol. The van der Waals surface area contributed by atoms with E-state index in [0.717, 1.165) is 22.3 Å². The topological polar surface area (TPSA) is 29.0 Å². The molecule has 0 saturated carbocycles. The maximum Gasteiger partial charge on any atom is 0.418 e. The third-order valence-electron chi connectivity index (χ3n) is 5.61. The Hall–Kier alpha value is -3.32. The molecule has 7 heteroatoms. The Labute approximate surface area is 184 Å². The monoisotopic (exact) mass is 441 g/mol. The largest absolute Gasteiger partial charge is 0.418 e. The molecule has 32 heavy (non-hydrogen) atoms. The van der Waals surface area contributed by atoms with Gasteiger partial charge in [0.25, 0.3) is 0 Å². The molecule has 1 aliphatic rings. The number of aromatic nitrogens is 1. The molecule has 0 saturated heterocycles. The zero-order valence-electron chi connectivity index (χ0n) is 17.8. The number of rotatable bonds is 5. The van der Waals surface area contributed by atoms with Crippen LogP contribution in [0.3, 0.4) is 0 Å². The molecule has 0 spiro atoms. The highest BCUT2D eigenvalue weighted by Gasteiger charge is 2.40. The van der Waals surface area contributed by atoms with Crippen LogP contribution in [0.25, 0.3) is 17.6 Å². The van der Waals surface area contributed by atoms with Gasteiger partial charge in [0.15, 0.2) is 0 Å². The van der Waals surface area contributed by atoms with Gasteiger partial charge in [0.1, 0.15) is 5.82 Å². The van der Waals surface area contributed by atoms with E-state index in [1.807, 2.05) is 32.0 Å². The second kappa shape index (κ2) is 8.31. The van der Waals surface area contributed by atoms with E-state index in [1.54, 1.807) is 18.3 Å². The van der Waals surface area contributed by atoms with Crippen LogP contribution in [0.2, 0.25) is 0 Å². The molecule has 3 aromatic rings. The van der Waals surface area contributed by atoms with Gasteiger partial charge in [-0.3, -0.25) is 0 Å². The van der Waals surface area contributed by atoms with Gasteiger partial charge in [0, 0.05) is 25.5 Å². The van der Waals surface area contributed by atoms with Crippen molar-refractivity contribution in [3.05, 3.63) is 100 Å². The smallest absolute Gasteiger partial charge is 0.353 e. The van der Waals surface area contributed by atoms with Gasteiger partial charge in [-0.15, -0.1) is 0 Å². The second-order valence-electron chi connectivity index (χ2n) is 7.96. The first-order valence-electron chi connectivity index (χ1n) is 10.2. The number of hydrogen-bond acceptors (Lipinski definition) is 2. The van der Waals surface area contributed by atoms with Gasteiger partial charge in [-0.2, -0.15) is 13.2 Å². The second-order valence-corrected chi connectivity index (χ2v) is 7.96. The number of aryl methyl sites for hydroxylation is 2. The van der Waals surface area contributed by atoms with E-state index in [4.69, 9.17) is 0 Å². The summed E-state index contributed by atoms with van der Waals surface area (Å²) in [7, 11) is 0.